The molecule has 0 rings (SSSR count). The molecule has 0 atom stereocenters. The lowest BCUT2D eigenvalue weighted by Gasteiger charge is -1.83. The Bertz CT molecular complexity index is 47.5. The van der Waals surface area contributed by atoms with Gasteiger partial charge in [0.1, 0.15) is 0 Å². The Morgan fingerprint density at radius 2 is 2.00 bits per heavy atom. The average molecular weight is 86.1 g/mol. The van der Waals surface area contributed by atoms with Crippen LogP contribution in [0.25, 0.3) is 0 Å². The topological polar surface area (TPSA) is 40.5 Å². The highest BCUT2D eigenvalue weighted by Gasteiger charge is 1.83. The number of hydrogen-bond donors (Lipinski definition) is 2. The van der Waals surface area contributed by atoms with Gasteiger partial charge in [-0.3, -0.25) is 0 Å². The van der Waals surface area contributed by atoms with Crippen molar-refractivity contribution in [2.45, 2.75) is 0 Å². The third-order valence-electron chi connectivity index (χ3n) is 0.267. The predicted octanol–water partition coefficient (Wildman–Crippen LogP) is 0.611. The van der Waals surface area contributed by atoms with Crippen molar-refractivity contribution >= 4 is 0 Å². The van der Waals surface area contributed by atoms with E-state index < -0.39 is 6.29 Å². The van der Waals surface area contributed by atoms with E-state index in [-0.39, 0.29) is 0 Å². The molecule has 0 bridgehead atoms. The zero-order valence-corrected chi connectivity index (χ0v) is 3.26. The van der Waals surface area contributed by atoms with Gasteiger partial charge in [-0.1, -0.05) is 6.08 Å². The Labute approximate surface area is 36.7 Å². The quantitative estimate of drug-likeness (QED) is 0.491. The average Bonchev–Trinajstić information content (AvgIpc) is 1.35. The smallest absolute Gasteiger partial charge is 0.242 e. The molecule has 0 unspecified atom stereocenters. The van der Waals surface area contributed by atoms with Crippen LogP contribution in [-0.4, -0.2) is 10.2 Å². The zero-order chi connectivity index (χ0) is 4.99. The van der Waals surface area contributed by atoms with E-state index in [2.05, 4.69) is 6.92 Å². The largest absolute Gasteiger partial charge is 0.358 e. The molecule has 0 aliphatic carbocycles. The minimum atomic E-state index is -0.704. The van der Waals surface area contributed by atoms with Crippen molar-refractivity contribution in [3.8, 4) is 0 Å². The Kier molecular flexibility index (Phi) is 2.71. The number of allylic oxidation sites excluding steroid dienone is 1. The van der Waals surface area contributed by atoms with Crippen LogP contribution in [0.3, 0.4) is 0 Å². The van der Waals surface area contributed by atoms with Gasteiger partial charge in [0.2, 0.25) is 6.29 Å². The summed E-state index contributed by atoms with van der Waals surface area (Å²) < 4.78 is 0. The molecule has 2 N–H and O–H groups in total. The summed E-state index contributed by atoms with van der Waals surface area (Å²) in [5.41, 5.74) is 0. The van der Waals surface area contributed by atoms with Gasteiger partial charge in [-0.05, 0) is 13.0 Å². The van der Waals surface area contributed by atoms with Crippen LogP contribution in [0.1, 0.15) is 0 Å². The highest BCUT2D eigenvalue weighted by atomic mass is 16.5. The number of hydrogen-bond acceptors (Lipinski definition) is 2. The molecular formula is C4H6O2. The molecule has 34 valence electrons. The van der Waals surface area contributed by atoms with E-state index in [0.717, 1.165) is 6.08 Å². The molecule has 0 saturated heterocycles. The van der Waals surface area contributed by atoms with Crippen LogP contribution in [0.15, 0.2) is 12.2 Å². The highest BCUT2D eigenvalue weighted by molar-refractivity contribution is 4.94. The van der Waals surface area contributed by atoms with Gasteiger partial charge in [-0.2, -0.15) is 0 Å². The van der Waals surface area contributed by atoms with Crippen molar-refractivity contribution in [3.63, 3.8) is 0 Å². The van der Waals surface area contributed by atoms with Gasteiger partial charge in [-0.25, -0.2) is 0 Å². The van der Waals surface area contributed by atoms with E-state index in [9.17, 15) is 0 Å². The van der Waals surface area contributed by atoms with Crippen molar-refractivity contribution in [1.29, 1.82) is 0 Å². The van der Waals surface area contributed by atoms with E-state index in [0.29, 0.717) is 0 Å². The fourth-order valence-electron chi connectivity index (χ4n) is 0.105. The molecule has 0 saturated carbocycles. The normalized spacial score (nSPS) is 11.3. The van der Waals surface area contributed by atoms with E-state index >= 15 is 0 Å². The van der Waals surface area contributed by atoms with Crippen LogP contribution >= 0.6 is 0 Å². The Morgan fingerprint density at radius 3 is 2.00 bits per heavy atom. The molecule has 0 heterocycles. The van der Waals surface area contributed by atoms with Crippen molar-refractivity contribution in [2.24, 2.45) is 0 Å². The van der Waals surface area contributed by atoms with Crippen LogP contribution < -0.4 is 0 Å². The third kappa shape index (κ3) is 3.66. The number of aliphatic hydroxyl groups excluding tert-OH is 1. The fraction of sp³-hybridized carbons (Fsp3) is 0. The van der Waals surface area contributed by atoms with Crippen molar-refractivity contribution in [1.82, 2.24) is 0 Å². The zero-order valence-electron chi connectivity index (χ0n) is 3.26. The lowest BCUT2D eigenvalue weighted by molar-refractivity contribution is 0.116. The second-order valence-electron chi connectivity index (χ2n) is 0.761. The second-order valence-corrected chi connectivity index (χ2v) is 0.761. The lowest BCUT2D eigenvalue weighted by Crippen LogP contribution is -1.83. The van der Waals surface area contributed by atoms with Gasteiger partial charge < -0.3 is 10.2 Å². The van der Waals surface area contributed by atoms with Crippen molar-refractivity contribution in [3.05, 3.63) is 25.4 Å². The Hall–Kier alpha value is -0.340. The molecule has 0 aliphatic rings. The molecule has 0 aromatic rings. The second kappa shape index (κ2) is 2.87. The molecule has 6 heavy (non-hydrogen) atoms. The molecule has 2 radical (unpaired) electrons. The van der Waals surface area contributed by atoms with Crippen molar-refractivity contribution < 1.29 is 10.2 Å². The Morgan fingerprint density at radius 1 is 1.50 bits per heavy atom. The molecule has 0 aromatic carbocycles. The number of rotatable bonds is 1. The van der Waals surface area contributed by atoms with Gasteiger partial charge >= 0.3 is 0 Å². The summed E-state index contributed by atoms with van der Waals surface area (Å²) in [6, 6.07) is 0. The maximum absolute atomic E-state index is 7.90. The first-order chi connectivity index (χ1) is 2.77. The predicted molar refractivity (Wildman–Crippen MR) is 21.6 cm³/mol. The summed E-state index contributed by atoms with van der Waals surface area (Å²) in [4.78, 5) is 0. The highest BCUT2D eigenvalue weighted by Crippen LogP contribution is 1.84. The molecular weight excluding hydrogens is 80.0 g/mol. The third-order valence-corrected chi connectivity index (χ3v) is 0.267. The van der Waals surface area contributed by atoms with Crippen LogP contribution in [-0.2, 0) is 0 Å². The van der Waals surface area contributed by atoms with E-state index in [1.54, 1.807) is 0 Å². The minimum Gasteiger partial charge on any atom is -0.358 e. The van der Waals surface area contributed by atoms with Gasteiger partial charge in [0.05, 0.1) is 0 Å². The van der Waals surface area contributed by atoms with Crippen LogP contribution in [0.4, 0.5) is 0 Å². The summed E-state index contributed by atoms with van der Waals surface area (Å²) in [6.07, 6.45) is 1.67. The minimum absolute atomic E-state index is 0.704. The van der Waals surface area contributed by atoms with Gasteiger partial charge in [-0.15, -0.1) is 0 Å². The summed E-state index contributed by atoms with van der Waals surface area (Å²) >= 11 is 0. The SMILES string of the molecule is [CH2]C=C[C](O)O. The van der Waals surface area contributed by atoms with Gasteiger partial charge in [0.15, 0.2) is 0 Å². The van der Waals surface area contributed by atoms with Gasteiger partial charge in [0, 0.05) is 0 Å². The summed E-state index contributed by atoms with van der Waals surface area (Å²) in [5.74, 6) is 0. The molecule has 0 amide bonds. The van der Waals surface area contributed by atoms with E-state index in [4.69, 9.17) is 10.2 Å². The van der Waals surface area contributed by atoms with Crippen LogP contribution in [0, 0.1) is 13.2 Å². The maximum atomic E-state index is 7.90. The van der Waals surface area contributed by atoms with E-state index in [1.807, 2.05) is 0 Å². The maximum Gasteiger partial charge on any atom is 0.242 e. The number of aliphatic hydroxyl groups is 2. The van der Waals surface area contributed by atoms with Crippen LogP contribution in [0.2, 0.25) is 0 Å². The molecule has 0 aliphatic heterocycles. The first kappa shape index (κ1) is 5.66. The molecule has 0 fully saturated rings. The molecule has 0 aromatic heterocycles. The van der Waals surface area contributed by atoms with Crippen LogP contribution in [0.5, 0.6) is 0 Å². The summed E-state index contributed by atoms with van der Waals surface area (Å²) in [7, 11) is 0. The molecule has 2 heteroatoms. The first-order valence-electron chi connectivity index (χ1n) is 1.48. The monoisotopic (exact) mass is 86.0 g/mol. The van der Waals surface area contributed by atoms with E-state index in [1.165, 1.54) is 6.08 Å². The summed E-state index contributed by atoms with van der Waals surface area (Å²) in [6.45, 7) is 3.20. The first-order valence-corrected chi connectivity index (χ1v) is 1.48. The lowest BCUT2D eigenvalue weighted by atomic mass is 10.5. The molecule has 2 nitrogen and oxygen atoms in total. The van der Waals surface area contributed by atoms with Gasteiger partial charge in [0.25, 0.3) is 0 Å². The molecule has 0 spiro atoms. The Balaban J connectivity index is 3.03. The van der Waals surface area contributed by atoms with Crippen molar-refractivity contribution in [2.75, 3.05) is 0 Å². The standard InChI is InChI=1S/C4H6O2/c1-2-3-4(5)6/h2-3,5-6H,1H2. The summed E-state index contributed by atoms with van der Waals surface area (Å²) in [5, 5.41) is 15.8. The fourth-order valence-corrected chi connectivity index (χ4v) is 0.105.